The number of rotatable bonds is 8. The summed E-state index contributed by atoms with van der Waals surface area (Å²) in [6.07, 6.45) is 8.53. The molecule has 3 heterocycles. The molecule has 0 aliphatic heterocycles. The molecule has 9 nitrogen and oxygen atoms in total. The van der Waals surface area contributed by atoms with Crippen molar-refractivity contribution in [1.29, 1.82) is 0 Å². The minimum absolute atomic E-state index is 0.148. The third kappa shape index (κ3) is 5.88. The summed E-state index contributed by atoms with van der Waals surface area (Å²) in [6, 6.07) is 1.93. The van der Waals surface area contributed by atoms with Crippen LogP contribution in [0.25, 0.3) is 16.9 Å². The van der Waals surface area contributed by atoms with E-state index in [1.165, 1.54) is 26.2 Å². The van der Waals surface area contributed by atoms with Crippen LogP contribution in [0.4, 0.5) is 10.1 Å². The van der Waals surface area contributed by atoms with Crippen molar-refractivity contribution >= 4 is 28.8 Å². The number of pyridine rings is 1. The molecule has 1 fully saturated rings. The molecule has 0 spiro atoms. The molecule has 3 aromatic rings. The Hall–Kier alpha value is -2.82. The summed E-state index contributed by atoms with van der Waals surface area (Å²) < 4.78 is 21.3. The van der Waals surface area contributed by atoms with Gasteiger partial charge in [-0.25, -0.2) is 13.9 Å². The Morgan fingerprint density at radius 3 is 2.71 bits per heavy atom. The summed E-state index contributed by atoms with van der Waals surface area (Å²) in [4.78, 5) is 21.8. The fourth-order valence-corrected chi connectivity index (χ4v) is 4.27. The Morgan fingerprint density at radius 1 is 1.29 bits per heavy atom. The van der Waals surface area contributed by atoms with Crippen molar-refractivity contribution in [3.05, 3.63) is 41.4 Å². The fourth-order valence-electron chi connectivity index (χ4n) is 4.13. The van der Waals surface area contributed by atoms with Crippen LogP contribution >= 0.6 is 11.6 Å². The maximum atomic E-state index is 14.2. The van der Waals surface area contributed by atoms with E-state index in [4.69, 9.17) is 16.3 Å². The second-order valence-corrected chi connectivity index (χ2v) is 9.84. The van der Waals surface area contributed by atoms with Crippen LogP contribution in [-0.2, 0) is 4.74 Å². The third-order valence-corrected chi connectivity index (χ3v) is 6.52. The first kappa shape index (κ1) is 25.3. The van der Waals surface area contributed by atoms with Crippen LogP contribution in [0, 0.1) is 0 Å². The molecular formula is C24H30ClFN6O3. The number of halogens is 2. The number of nitrogens with zero attached hydrogens (tertiary/aromatic N) is 4. The van der Waals surface area contributed by atoms with E-state index in [1.807, 2.05) is 0 Å². The predicted octanol–water partition coefficient (Wildman–Crippen LogP) is 3.65. The highest BCUT2D eigenvalue weighted by Gasteiger charge is 2.28. The summed E-state index contributed by atoms with van der Waals surface area (Å²) in [5, 5.41) is 20.7. The average Bonchev–Trinajstić information content (AvgIpc) is 3.25. The van der Waals surface area contributed by atoms with Crippen molar-refractivity contribution in [2.45, 2.75) is 63.4 Å². The van der Waals surface area contributed by atoms with Crippen molar-refractivity contribution in [1.82, 2.24) is 24.9 Å². The van der Waals surface area contributed by atoms with Gasteiger partial charge in [-0.2, -0.15) is 5.10 Å². The van der Waals surface area contributed by atoms with E-state index < -0.39 is 17.7 Å². The van der Waals surface area contributed by atoms with Crippen LogP contribution in [0.3, 0.4) is 0 Å². The van der Waals surface area contributed by atoms with E-state index in [-0.39, 0.29) is 24.3 Å². The molecule has 0 radical (unpaired) electrons. The van der Waals surface area contributed by atoms with Crippen molar-refractivity contribution < 1.29 is 19.0 Å². The lowest BCUT2D eigenvalue weighted by molar-refractivity contribution is -0.00177. The Kier molecular flexibility index (Phi) is 7.53. The number of aromatic nitrogens is 4. The largest absolute Gasteiger partial charge is 0.387 e. The number of anilines is 1. The highest BCUT2D eigenvalue weighted by atomic mass is 35.5. The standard InChI is InChI=1S/C24H30ClFN6O3/c1-24(2,34)21(26)12-29-23(33)18-10-27-19(17-11-30-32-13-14(25)9-28-22(17)32)8-20(18)31-15-4-6-16(35-3)7-5-15/h8-11,13,15-16,21,34H,4-7,12H2,1-3H3,(H,27,31)(H,29,33). The maximum absolute atomic E-state index is 14.2. The number of nitrogens with one attached hydrogen (secondary N) is 2. The second kappa shape index (κ2) is 10.4. The Balaban J connectivity index is 1.63. The van der Waals surface area contributed by atoms with Crippen molar-refractivity contribution in [3.63, 3.8) is 0 Å². The normalized spacial score (nSPS) is 19.5. The number of hydrogen-bond acceptors (Lipinski definition) is 7. The number of aliphatic hydroxyl groups is 1. The molecule has 1 amide bonds. The topological polar surface area (TPSA) is 114 Å². The van der Waals surface area contributed by atoms with Crippen molar-refractivity contribution in [2.24, 2.45) is 0 Å². The molecule has 1 aliphatic rings. The lowest BCUT2D eigenvalue weighted by Gasteiger charge is -2.29. The Bertz CT molecular complexity index is 1190. The summed E-state index contributed by atoms with van der Waals surface area (Å²) in [7, 11) is 1.72. The van der Waals surface area contributed by atoms with Gasteiger partial charge in [0.15, 0.2) is 5.65 Å². The predicted molar refractivity (Wildman–Crippen MR) is 131 cm³/mol. The first-order valence-electron chi connectivity index (χ1n) is 11.6. The van der Waals surface area contributed by atoms with Gasteiger partial charge in [-0.3, -0.25) is 9.78 Å². The number of ether oxygens (including phenoxy) is 1. The van der Waals surface area contributed by atoms with Crippen LogP contribution in [0.15, 0.2) is 30.9 Å². The van der Waals surface area contributed by atoms with E-state index >= 15 is 0 Å². The molecule has 35 heavy (non-hydrogen) atoms. The highest BCUT2D eigenvalue weighted by molar-refractivity contribution is 6.30. The average molecular weight is 505 g/mol. The SMILES string of the molecule is COC1CCC(Nc2cc(-c3cnn4cc(Cl)cnc34)ncc2C(=O)NCC(F)C(C)(C)O)CC1. The number of carbonyl (C=O) groups excluding carboxylic acids is 1. The van der Waals surface area contributed by atoms with Crippen molar-refractivity contribution in [3.8, 4) is 11.3 Å². The number of fused-ring (bicyclic) bond motifs is 1. The number of amides is 1. The molecule has 1 aliphatic carbocycles. The molecule has 188 valence electrons. The first-order valence-corrected chi connectivity index (χ1v) is 12.0. The lowest BCUT2D eigenvalue weighted by atomic mass is 9.92. The Labute approximate surface area is 208 Å². The molecule has 11 heteroatoms. The number of carbonyl (C=O) groups is 1. The van der Waals surface area contributed by atoms with E-state index in [9.17, 15) is 14.3 Å². The molecule has 0 bridgehead atoms. The number of hydrogen-bond donors (Lipinski definition) is 3. The van der Waals surface area contributed by atoms with E-state index in [2.05, 4.69) is 25.7 Å². The summed E-state index contributed by atoms with van der Waals surface area (Å²) in [6.45, 7) is 2.41. The molecule has 3 N–H and O–H groups in total. The lowest BCUT2D eigenvalue weighted by Crippen LogP contribution is -2.42. The van der Waals surface area contributed by atoms with Gasteiger partial charge in [0.05, 0.1) is 58.2 Å². The van der Waals surface area contributed by atoms with Gasteiger partial charge in [-0.1, -0.05) is 11.6 Å². The number of alkyl halides is 1. The van der Waals surface area contributed by atoms with Crippen LogP contribution in [0.1, 0.15) is 49.9 Å². The van der Waals surface area contributed by atoms with Gasteiger partial charge in [0.2, 0.25) is 0 Å². The zero-order chi connectivity index (χ0) is 25.2. The van der Waals surface area contributed by atoms with Crippen LogP contribution in [0.5, 0.6) is 0 Å². The van der Waals surface area contributed by atoms with Gasteiger partial charge in [-0.05, 0) is 45.6 Å². The van der Waals surface area contributed by atoms with Gasteiger partial charge >= 0.3 is 0 Å². The van der Waals surface area contributed by atoms with Gasteiger partial charge in [0.1, 0.15) is 6.17 Å². The van der Waals surface area contributed by atoms with Crippen LogP contribution < -0.4 is 10.6 Å². The summed E-state index contributed by atoms with van der Waals surface area (Å²) in [5.41, 5.74) is 1.16. The molecule has 1 atom stereocenters. The molecule has 0 aromatic carbocycles. The Morgan fingerprint density at radius 2 is 2.03 bits per heavy atom. The van der Waals surface area contributed by atoms with Gasteiger partial charge in [0, 0.05) is 25.5 Å². The van der Waals surface area contributed by atoms with Crippen molar-refractivity contribution in [2.75, 3.05) is 19.0 Å². The molecule has 4 rings (SSSR count). The molecule has 1 saturated carbocycles. The molecule has 1 unspecified atom stereocenters. The number of methoxy groups -OCH3 is 1. The maximum Gasteiger partial charge on any atom is 0.255 e. The van der Waals surface area contributed by atoms with Gasteiger partial charge in [0.25, 0.3) is 5.91 Å². The van der Waals surface area contributed by atoms with E-state index in [0.29, 0.717) is 27.6 Å². The van der Waals surface area contributed by atoms with E-state index in [1.54, 1.807) is 30.1 Å². The minimum Gasteiger partial charge on any atom is -0.387 e. The van der Waals surface area contributed by atoms with Gasteiger partial charge < -0.3 is 20.5 Å². The zero-order valence-corrected chi connectivity index (χ0v) is 20.7. The zero-order valence-electron chi connectivity index (χ0n) is 20.0. The quantitative estimate of drug-likeness (QED) is 0.429. The molecular weight excluding hydrogens is 475 g/mol. The summed E-state index contributed by atoms with van der Waals surface area (Å²) in [5.74, 6) is -0.478. The minimum atomic E-state index is -1.61. The van der Waals surface area contributed by atoms with Crippen LogP contribution in [-0.4, -0.2) is 68.2 Å². The smallest absolute Gasteiger partial charge is 0.255 e. The second-order valence-electron chi connectivity index (χ2n) is 9.40. The van der Waals surface area contributed by atoms with Crippen LogP contribution in [0.2, 0.25) is 5.02 Å². The molecule has 0 saturated heterocycles. The van der Waals surface area contributed by atoms with E-state index in [0.717, 1.165) is 25.7 Å². The fraction of sp³-hybridized carbons (Fsp3) is 0.500. The highest BCUT2D eigenvalue weighted by Crippen LogP contribution is 2.30. The molecule has 3 aromatic heterocycles. The monoisotopic (exact) mass is 504 g/mol. The third-order valence-electron chi connectivity index (χ3n) is 6.33. The summed E-state index contributed by atoms with van der Waals surface area (Å²) >= 11 is 6.02. The first-order chi connectivity index (χ1) is 16.7. The van der Waals surface area contributed by atoms with Gasteiger partial charge in [-0.15, -0.1) is 0 Å².